The third-order valence-corrected chi connectivity index (χ3v) is 4.81. The topological polar surface area (TPSA) is 122 Å². The van der Waals surface area contributed by atoms with Crippen LogP contribution in [0.2, 0.25) is 0 Å². The van der Waals surface area contributed by atoms with Crippen molar-refractivity contribution in [3.05, 3.63) is 48.0 Å². The van der Waals surface area contributed by atoms with Gasteiger partial charge in [0.2, 0.25) is 5.91 Å². The molecule has 0 aliphatic heterocycles. The second kappa shape index (κ2) is 11.6. The van der Waals surface area contributed by atoms with Gasteiger partial charge in [0.15, 0.2) is 0 Å². The van der Waals surface area contributed by atoms with E-state index in [9.17, 15) is 19.6 Å². The monoisotopic (exact) mass is 449 g/mol. The lowest BCUT2D eigenvalue weighted by molar-refractivity contribution is -1.10. The molecule has 0 bridgehead atoms. The average molecular weight is 450 g/mol. The quantitative estimate of drug-likeness (QED) is 0.157. The van der Waals surface area contributed by atoms with Gasteiger partial charge in [0, 0.05) is 17.2 Å². The molecule has 4 N–H and O–H groups in total. The lowest BCUT2D eigenvalue weighted by atomic mass is 10.1. The molecule has 0 saturated heterocycles. The van der Waals surface area contributed by atoms with E-state index < -0.39 is 34.3 Å². The highest BCUT2D eigenvalue weighted by molar-refractivity contribution is 5.97. The van der Waals surface area contributed by atoms with E-state index in [1.807, 2.05) is 30.3 Å². The van der Waals surface area contributed by atoms with Crippen LogP contribution in [0, 0.1) is 0 Å². The molecule has 9 heteroatoms. The van der Waals surface area contributed by atoms with Crippen molar-refractivity contribution in [2.45, 2.75) is 71.9 Å². The molecule has 0 aliphatic carbocycles. The van der Waals surface area contributed by atoms with Gasteiger partial charge in [-0.2, -0.15) is 5.43 Å². The number of aryl methyl sites for hydroxylation is 1. The predicted octanol–water partition coefficient (Wildman–Crippen LogP) is 3.24. The van der Waals surface area contributed by atoms with Crippen molar-refractivity contribution in [2.75, 3.05) is 6.54 Å². The number of unbranched alkanes of at least 4 members (excludes halogenated alkanes) is 1. The van der Waals surface area contributed by atoms with Crippen LogP contribution in [0.15, 0.2) is 42.5 Å². The zero-order valence-electron chi connectivity index (χ0n) is 19.8. The minimum Gasteiger partial charge on any atom is -0.439 e. The summed E-state index contributed by atoms with van der Waals surface area (Å²) >= 11 is 0. The number of rotatable bonds is 11. The SMILES string of the molecule is C=C(CC(N)=O)C(=O)N[N@+](CCCCc1ccccc1)(C(C)C)N(O)C(=O)OC(C)(C)C. The average Bonchev–Trinajstić information content (AvgIpc) is 2.68. The number of hydroxylamine groups is 1. The Kier molecular flexibility index (Phi) is 9.86. The second-order valence-electron chi connectivity index (χ2n) is 9.04. The first-order valence-corrected chi connectivity index (χ1v) is 10.7. The largest absolute Gasteiger partial charge is 0.484 e. The summed E-state index contributed by atoms with van der Waals surface area (Å²) in [6, 6.07) is 9.48. The van der Waals surface area contributed by atoms with Gasteiger partial charge in [-0.1, -0.05) is 41.6 Å². The summed E-state index contributed by atoms with van der Waals surface area (Å²) in [7, 11) is 0. The van der Waals surface area contributed by atoms with Gasteiger partial charge in [-0.25, -0.2) is 10.0 Å². The van der Waals surface area contributed by atoms with E-state index >= 15 is 0 Å². The fraction of sp³-hybridized carbons (Fsp3) is 0.522. The van der Waals surface area contributed by atoms with Gasteiger partial charge in [0.25, 0.3) is 5.91 Å². The molecule has 1 atom stereocenters. The molecule has 0 radical (unpaired) electrons. The van der Waals surface area contributed by atoms with Crippen LogP contribution < -0.4 is 11.2 Å². The lowest BCUT2D eigenvalue weighted by Crippen LogP contribution is -2.73. The number of nitrogens with zero attached hydrogens (tertiary/aromatic N) is 2. The number of nitrogens with one attached hydrogen (secondary N) is 1. The first-order chi connectivity index (χ1) is 14.8. The van der Waals surface area contributed by atoms with Crippen LogP contribution in [-0.4, -0.2) is 51.2 Å². The Bertz CT molecular complexity index is 804. The Balaban J connectivity index is 3.10. The molecule has 9 nitrogen and oxygen atoms in total. The van der Waals surface area contributed by atoms with Gasteiger partial charge in [-0.05, 0) is 53.0 Å². The molecule has 0 heterocycles. The van der Waals surface area contributed by atoms with E-state index in [0.29, 0.717) is 11.6 Å². The minimum atomic E-state index is -1.00. The fourth-order valence-corrected chi connectivity index (χ4v) is 3.12. The number of nitrogens with two attached hydrogens (primary N) is 1. The van der Waals surface area contributed by atoms with Crippen LogP contribution in [0.3, 0.4) is 0 Å². The summed E-state index contributed by atoms with van der Waals surface area (Å²) in [5.41, 5.74) is 8.09. The third kappa shape index (κ3) is 8.32. The molecule has 1 rings (SSSR count). The maximum Gasteiger partial charge on any atom is 0.484 e. The molecule has 0 unspecified atom stereocenters. The Morgan fingerprint density at radius 2 is 1.78 bits per heavy atom. The zero-order valence-corrected chi connectivity index (χ0v) is 19.8. The van der Waals surface area contributed by atoms with Crippen LogP contribution in [0.5, 0.6) is 0 Å². The highest BCUT2D eigenvalue weighted by Gasteiger charge is 2.46. The number of ether oxygens (including phenoxy) is 1. The molecular weight excluding hydrogens is 412 g/mol. The van der Waals surface area contributed by atoms with Crippen LogP contribution >= 0.6 is 0 Å². The highest BCUT2D eigenvalue weighted by atomic mass is 16.7. The molecule has 0 aromatic heterocycles. The maximum atomic E-state index is 12.7. The predicted molar refractivity (Wildman–Crippen MR) is 121 cm³/mol. The van der Waals surface area contributed by atoms with E-state index in [-0.39, 0.29) is 18.5 Å². The molecule has 178 valence electrons. The zero-order chi connectivity index (χ0) is 24.5. The smallest absolute Gasteiger partial charge is 0.439 e. The van der Waals surface area contributed by atoms with Crippen LogP contribution in [0.25, 0.3) is 0 Å². The number of amides is 3. The van der Waals surface area contributed by atoms with Gasteiger partial charge in [-0.3, -0.25) is 9.59 Å². The summed E-state index contributed by atoms with van der Waals surface area (Å²) in [6.07, 6.45) is 0.802. The second-order valence-corrected chi connectivity index (χ2v) is 9.04. The van der Waals surface area contributed by atoms with E-state index in [1.165, 1.54) is 5.56 Å². The standard InChI is InChI=1S/C23H36N4O5/c1-17(2)27(25-21(29)18(3)16-20(24)28,26(31)22(30)32-23(4,5)6)15-11-10-14-19-12-8-7-9-13-19/h7-9,12-13,17,31H,3,10-11,14-16H2,1-2,4-6H3,(H2-,24,25,28,29)/p+1/t27-/m0/s1. The van der Waals surface area contributed by atoms with E-state index in [4.69, 9.17) is 10.5 Å². The van der Waals surface area contributed by atoms with Crippen molar-refractivity contribution in [3.63, 3.8) is 0 Å². The molecule has 0 fully saturated rings. The molecule has 3 amide bonds. The van der Waals surface area contributed by atoms with Gasteiger partial charge in [-0.15, -0.1) is 0 Å². The van der Waals surface area contributed by atoms with Crippen LogP contribution in [0.4, 0.5) is 4.79 Å². The number of hydrogen-bond donors (Lipinski definition) is 3. The number of hydrogen-bond acceptors (Lipinski definition) is 5. The molecular formula is C23H37N4O5+. The maximum absolute atomic E-state index is 12.7. The fourth-order valence-electron chi connectivity index (χ4n) is 3.12. The number of carbonyl (C=O) groups is 3. The Labute approximate surface area is 190 Å². The first kappa shape index (κ1) is 27.1. The molecule has 1 aromatic carbocycles. The van der Waals surface area contributed by atoms with E-state index in [1.54, 1.807) is 34.6 Å². The van der Waals surface area contributed by atoms with Gasteiger partial charge in [0.05, 0.1) is 6.42 Å². The lowest BCUT2D eigenvalue weighted by Gasteiger charge is -2.43. The number of carbonyl (C=O) groups excluding carboxylic acids is 3. The van der Waals surface area contributed by atoms with Gasteiger partial charge >= 0.3 is 6.09 Å². The highest BCUT2D eigenvalue weighted by Crippen LogP contribution is 2.21. The summed E-state index contributed by atoms with van der Waals surface area (Å²) in [4.78, 5) is 36.6. The van der Waals surface area contributed by atoms with Crippen molar-refractivity contribution in [1.82, 2.24) is 10.6 Å². The summed E-state index contributed by atoms with van der Waals surface area (Å²) in [5, 5.41) is 11.3. The Morgan fingerprint density at radius 3 is 2.28 bits per heavy atom. The summed E-state index contributed by atoms with van der Waals surface area (Å²) in [6.45, 7) is 12.3. The number of primary amides is 1. The summed E-state index contributed by atoms with van der Waals surface area (Å²) < 4.78 is 4.70. The third-order valence-electron chi connectivity index (χ3n) is 4.81. The number of quaternary nitrogens is 1. The van der Waals surface area contributed by atoms with Crippen molar-refractivity contribution in [2.24, 2.45) is 5.73 Å². The van der Waals surface area contributed by atoms with Crippen molar-refractivity contribution in [1.29, 1.82) is 0 Å². The molecule has 1 aromatic rings. The minimum absolute atomic E-state index is 0.0671. The summed E-state index contributed by atoms with van der Waals surface area (Å²) in [5.74, 6) is -1.40. The number of benzene rings is 1. The molecule has 32 heavy (non-hydrogen) atoms. The van der Waals surface area contributed by atoms with Gasteiger partial charge in [0.1, 0.15) is 18.2 Å². The van der Waals surface area contributed by atoms with Crippen molar-refractivity contribution >= 4 is 17.9 Å². The van der Waals surface area contributed by atoms with Crippen molar-refractivity contribution < 1.29 is 29.0 Å². The first-order valence-electron chi connectivity index (χ1n) is 10.7. The van der Waals surface area contributed by atoms with Crippen LogP contribution in [-0.2, 0) is 20.7 Å². The van der Waals surface area contributed by atoms with E-state index in [2.05, 4.69) is 12.0 Å². The normalized spacial score (nSPS) is 13.2. The molecule has 0 saturated carbocycles. The van der Waals surface area contributed by atoms with Crippen LogP contribution in [0.1, 0.15) is 59.4 Å². The van der Waals surface area contributed by atoms with Gasteiger partial charge < -0.3 is 10.5 Å². The van der Waals surface area contributed by atoms with Crippen molar-refractivity contribution in [3.8, 4) is 0 Å². The van der Waals surface area contributed by atoms with E-state index in [0.717, 1.165) is 12.8 Å². The molecule has 0 spiro atoms. The Hall–Kier alpha value is -2.91. The molecule has 0 aliphatic rings. The Morgan fingerprint density at radius 1 is 1.19 bits per heavy atom.